The Morgan fingerprint density at radius 1 is 1.17 bits per heavy atom. The minimum absolute atomic E-state index is 0.108. The minimum atomic E-state index is -0.108. The minimum Gasteiger partial charge on any atom is -0.278 e. The van der Waals surface area contributed by atoms with Crippen molar-refractivity contribution in [3.8, 4) is 6.07 Å². The summed E-state index contributed by atoms with van der Waals surface area (Å²) in [5.41, 5.74) is -0.108. The van der Waals surface area contributed by atoms with Crippen LogP contribution in [-0.4, -0.2) is 23.5 Å². The molecule has 1 saturated carbocycles. The fourth-order valence-corrected chi connectivity index (χ4v) is 2.29. The molecule has 0 radical (unpaired) electrons. The molecule has 0 bridgehead atoms. The Morgan fingerprint density at radius 3 is 2.25 bits per heavy atom. The van der Waals surface area contributed by atoms with Crippen molar-refractivity contribution in [2.45, 2.75) is 31.2 Å². The van der Waals surface area contributed by atoms with Crippen molar-refractivity contribution in [2.24, 2.45) is 0 Å². The van der Waals surface area contributed by atoms with Gasteiger partial charge in [0.1, 0.15) is 5.54 Å². The second-order valence-corrected chi connectivity index (χ2v) is 3.73. The van der Waals surface area contributed by atoms with E-state index in [1.807, 2.05) is 0 Å². The van der Waals surface area contributed by atoms with Crippen LogP contribution in [0.15, 0.2) is 12.2 Å². The lowest BCUT2D eigenvalue weighted by Gasteiger charge is -2.31. The highest BCUT2D eigenvalue weighted by atomic mass is 15.2. The molecule has 0 spiro atoms. The molecular formula is C10H14N2. The van der Waals surface area contributed by atoms with Gasteiger partial charge in [0.15, 0.2) is 0 Å². The van der Waals surface area contributed by atoms with Crippen molar-refractivity contribution >= 4 is 0 Å². The summed E-state index contributed by atoms with van der Waals surface area (Å²) in [5.74, 6) is 0. The maximum absolute atomic E-state index is 9.16. The highest BCUT2D eigenvalue weighted by molar-refractivity contribution is 5.15. The highest BCUT2D eigenvalue weighted by Crippen LogP contribution is 2.35. The topological polar surface area (TPSA) is 27.0 Å². The summed E-state index contributed by atoms with van der Waals surface area (Å²) in [7, 11) is 0. The zero-order valence-electron chi connectivity index (χ0n) is 7.29. The number of nitriles is 1. The Kier molecular flexibility index (Phi) is 1.90. The second kappa shape index (κ2) is 2.91. The van der Waals surface area contributed by atoms with E-state index in [0.29, 0.717) is 0 Å². The van der Waals surface area contributed by atoms with Gasteiger partial charge in [-0.1, -0.05) is 25.0 Å². The van der Waals surface area contributed by atoms with Gasteiger partial charge in [-0.25, -0.2) is 0 Å². The summed E-state index contributed by atoms with van der Waals surface area (Å²) in [6.07, 6.45) is 8.93. The quantitative estimate of drug-likeness (QED) is 0.549. The van der Waals surface area contributed by atoms with Crippen LogP contribution in [0, 0.1) is 11.3 Å². The average Bonchev–Trinajstić information content (AvgIpc) is 2.76. The number of nitrogens with zero attached hydrogens (tertiary/aromatic N) is 2. The van der Waals surface area contributed by atoms with Gasteiger partial charge in [0.05, 0.1) is 6.07 Å². The van der Waals surface area contributed by atoms with E-state index >= 15 is 0 Å². The fourth-order valence-electron chi connectivity index (χ4n) is 2.29. The largest absolute Gasteiger partial charge is 0.278 e. The Bertz CT molecular complexity index is 223. The Morgan fingerprint density at radius 2 is 1.75 bits per heavy atom. The van der Waals surface area contributed by atoms with Crippen LogP contribution < -0.4 is 0 Å². The van der Waals surface area contributed by atoms with Crippen LogP contribution in [0.2, 0.25) is 0 Å². The molecule has 2 heteroatoms. The molecular weight excluding hydrogens is 148 g/mol. The van der Waals surface area contributed by atoms with Gasteiger partial charge < -0.3 is 0 Å². The predicted octanol–water partition coefficient (Wildman–Crippen LogP) is 1.69. The molecule has 0 aromatic carbocycles. The molecule has 1 aliphatic heterocycles. The van der Waals surface area contributed by atoms with Gasteiger partial charge in [0.25, 0.3) is 0 Å². The maximum atomic E-state index is 9.16. The molecule has 2 nitrogen and oxygen atoms in total. The zero-order valence-corrected chi connectivity index (χ0v) is 7.29. The van der Waals surface area contributed by atoms with Gasteiger partial charge in [-0.2, -0.15) is 5.26 Å². The van der Waals surface area contributed by atoms with Crippen LogP contribution in [-0.2, 0) is 0 Å². The third-order valence-corrected chi connectivity index (χ3v) is 3.06. The van der Waals surface area contributed by atoms with Crippen LogP contribution in [0.5, 0.6) is 0 Å². The zero-order chi connectivity index (χ0) is 8.44. The monoisotopic (exact) mass is 162 g/mol. The molecule has 12 heavy (non-hydrogen) atoms. The van der Waals surface area contributed by atoms with Crippen molar-refractivity contribution in [1.29, 1.82) is 5.26 Å². The van der Waals surface area contributed by atoms with Crippen LogP contribution in [0.25, 0.3) is 0 Å². The lowest BCUT2D eigenvalue weighted by atomic mass is 9.98. The number of hydrogen-bond donors (Lipinski definition) is 0. The molecule has 1 fully saturated rings. The summed E-state index contributed by atoms with van der Waals surface area (Å²) < 4.78 is 0. The van der Waals surface area contributed by atoms with Crippen LogP contribution >= 0.6 is 0 Å². The van der Waals surface area contributed by atoms with E-state index in [4.69, 9.17) is 5.26 Å². The Balaban J connectivity index is 2.12. The summed E-state index contributed by atoms with van der Waals surface area (Å²) in [6.45, 7) is 1.96. The molecule has 1 aliphatic carbocycles. The smallest absolute Gasteiger partial charge is 0.109 e. The molecule has 0 aromatic heterocycles. The molecule has 0 amide bonds. The van der Waals surface area contributed by atoms with Crippen molar-refractivity contribution in [2.75, 3.05) is 13.1 Å². The van der Waals surface area contributed by atoms with Crippen LogP contribution in [0.4, 0.5) is 0 Å². The van der Waals surface area contributed by atoms with Gasteiger partial charge in [-0.3, -0.25) is 4.90 Å². The van der Waals surface area contributed by atoms with Gasteiger partial charge in [-0.05, 0) is 12.8 Å². The lowest BCUT2D eigenvalue weighted by molar-refractivity contribution is 0.187. The highest BCUT2D eigenvalue weighted by Gasteiger charge is 2.39. The predicted molar refractivity (Wildman–Crippen MR) is 47.5 cm³/mol. The lowest BCUT2D eigenvalue weighted by Crippen LogP contribution is -2.43. The standard InChI is InChI=1S/C10H14N2/c11-9-10(5-1-2-6-10)12-7-3-4-8-12/h3-4H,1-2,5-8H2. The van der Waals surface area contributed by atoms with E-state index in [1.165, 1.54) is 12.8 Å². The van der Waals surface area contributed by atoms with Gasteiger partial charge in [0, 0.05) is 13.1 Å². The first kappa shape index (κ1) is 7.82. The van der Waals surface area contributed by atoms with Gasteiger partial charge in [-0.15, -0.1) is 0 Å². The normalized spacial score (nSPS) is 27.6. The van der Waals surface area contributed by atoms with E-state index in [1.54, 1.807) is 0 Å². The third kappa shape index (κ3) is 1.05. The van der Waals surface area contributed by atoms with E-state index < -0.39 is 0 Å². The maximum Gasteiger partial charge on any atom is 0.109 e. The van der Waals surface area contributed by atoms with Crippen molar-refractivity contribution in [3.05, 3.63) is 12.2 Å². The van der Waals surface area contributed by atoms with E-state index in [9.17, 15) is 0 Å². The van der Waals surface area contributed by atoms with Gasteiger partial charge >= 0.3 is 0 Å². The van der Waals surface area contributed by atoms with E-state index in [-0.39, 0.29) is 5.54 Å². The SMILES string of the molecule is N#CC1(N2CC=CC2)CCCC1. The fraction of sp³-hybridized carbons (Fsp3) is 0.700. The van der Waals surface area contributed by atoms with Crippen LogP contribution in [0.3, 0.4) is 0 Å². The first-order valence-electron chi connectivity index (χ1n) is 4.69. The van der Waals surface area contributed by atoms with Crippen LogP contribution in [0.1, 0.15) is 25.7 Å². The van der Waals surface area contributed by atoms with Gasteiger partial charge in [0.2, 0.25) is 0 Å². The molecule has 0 N–H and O–H groups in total. The first-order chi connectivity index (χ1) is 5.87. The van der Waals surface area contributed by atoms with Crippen molar-refractivity contribution < 1.29 is 0 Å². The Hall–Kier alpha value is -0.810. The Labute approximate surface area is 73.5 Å². The molecule has 1 heterocycles. The molecule has 0 saturated heterocycles. The molecule has 0 unspecified atom stereocenters. The van der Waals surface area contributed by atoms with Crippen molar-refractivity contribution in [3.63, 3.8) is 0 Å². The molecule has 0 aromatic rings. The molecule has 2 aliphatic rings. The van der Waals surface area contributed by atoms with E-state index in [0.717, 1.165) is 25.9 Å². The number of hydrogen-bond acceptors (Lipinski definition) is 2. The summed E-state index contributed by atoms with van der Waals surface area (Å²) in [4.78, 5) is 2.31. The van der Waals surface area contributed by atoms with Crippen molar-refractivity contribution in [1.82, 2.24) is 4.90 Å². The van der Waals surface area contributed by atoms with E-state index in [2.05, 4.69) is 23.1 Å². The third-order valence-electron chi connectivity index (χ3n) is 3.06. The summed E-state index contributed by atoms with van der Waals surface area (Å²) >= 11 is 0. The summed E-state index contributed by atoms with van der Waals surface area (Å²) in [5, 5.41) is 9.16. The second-order valence-electron chi connectivity index (χ2n) is 3.73. The summed E-state index contributed by atoms with van der Waals surface area (Å²) in [6, 6.07) is 2.51. The average molecular weight is 162 g/mol. The first-order valence-corrected chi connectivity index (χ1v) is 4.69. The molecule has 0 atom stereocenters. The molecule has 64 valence electrons. The number of rotatable bonds is 1. The molecule has 2 rings (SSSR count).